The van der Waals surface area contributed by atoms with Gasteiger partial charge in [0, 0.05) is 42.1 Å². The maximum atomic E-state index is 14.4. The van der Waals surface area contributed by atoms with Crippen LogP contribution in [0.2, 0.25) is 0 Å². The standard InChI is InChI=1S/C27H32FN5OS/c1-6-21(8-7-13-34)33-23(11-12-24(33)26-29-18(3)16-32(26)5)19(4)27-31-30-25(35-27)15-20-10-9-17(2)14-22(20)28/h6-10,14,18,24,26,29H,1,11-12,15-16H2,2-5H3/b21-8-,23-19+. The lowest BCUT2D eigenvalue weighted by molar-refractivity contribution is 0.183. The van der Waals surface area contributed by atoms with E-state index in [1.165, 1.54) is 17.4 Å². The summed E-state index contributed by atoms with van der Waals surface area (Å²) in [5.41, 5.74) is 4.55. The Morgan fingerprint density at radius 1 is 1.40 bits per heavy atom. The van der Waals surface area contributed by atoms with Gasteiger partial charge in [0.25, 0.3) is 0 Å². The predicted molar refractivity (Wildman–Crippen MR) is 139 cm³/mol. The zero-order valence-corrected chi connectivity index (χ0v) is 21.5. The second kappa shape index (κ2) is 10.8. The van der Waals surface area contributed by atoms with Crippen LogP contribution in [-0.4, -0.2) is 57.8 Å². The van der Waals surface area contributed by atoms with Crippen LogP contribution in [0.1, 0.15) is 47.8 Å². The summed E-state index contributed by atoms with van der Waals surface area (Å²) in [4.78, 5) is 15.6. The summed E-state index contributed by atoms with van der Waals surface area (Å²) < 4.78 is 14.4. The first-order valence-corrected chi connectivity index (χ1v) is 12.7. The van der Waals surface area contributed by atoms with Gasteiger partial charge < -0.3 is 4.90 Å². The van der Waals surface area contributed by atoms with Crippen LogP contribution in [0.25, 0.3) is 5.57 Å². The maximum Gasteiger partial charge on any atom is 0.145 e. The third kappa shape index (κ3) is 5.36. The van der Waals surface area contributed by atoms with Gasteiger partial charge in [0.15, 0.2) is 0 Å². The van der Waals surface area contributed by atoms with Crippen molar-refractivity contribution in [2.24, 2.45) is 0 Å². The van der Waals surface area contributed by atoms with Crippen LogP contribution in [0.5, 0.6) is 0 Å². The summed E-state index contributed by atoms with van der Waals surface area (Å²) in [6.45, 7) is 11.1. The minimum absolute atomic E-state index is 0.174. The van der Waals surface area contributed by atoms with E-state index in [1.54, 1.807) is 18.2 Å². The third-order valence-corrected chi connectivity index (χ3v) is 7.78. The number of likely N-dealkylation sites (N-methyl/N-ethyl adjacent to an activating group) is 1. The molecule has 2 aliphatic rings. The van der Waals surface area contributed by atoms with Crippen LogP contribution in [0.15, 0.2) is 54.4 Å². The van der Waals surface area contributed by atoms with Gasteiger partial charge in [0.1, 0.15) is 21.8 Å². The molecule has 1 aromatic carbocycles. The van der Waals surface area contributed by atoms with Crippen LogP contribution in [0.4, 0.5) is 4.39 Å². The Morgan fingerprint density at radius 2 is 2.20 bits per heavy atom. The lowest BCUT2D eigenvalue weighted by atomic mass is 10.1. The summed E-state index contributed by atoms with van der Waals surface area (Å²) in [6, 6.07) is 5.85. The summed E-state index contributed by atoms with van der Waals surface area (Å²) in [7, 11) is 2.14. The number of rotatable bonds is 7. The highest BCUT2D eigenvalue weighted by Crippen LogP contribution is 2.40. The van der Waals surface area contributed by atoms with Crippen molar-refractivity contribution in [3.8, 4) is 0 Å². The molecule has 0 bridgehead atoms. The number of halogens is 1. The molecule has 0 radical (unpaired) electrons. The average Bonchev–Trinajstić information content (AvgIpc) is 3.54. The Balaban J connectivity index is 1.68. The zero-order valence-electron chi connectivity index (χ0n) is 20.7. The molecule has 3 unspecified atom stereocenters. The number of likely N-dealkylation sites (tertiary alicyclic amines) is 1. The Morgan fingerprint density at radius 3 is 2.86 bits per heavy atom. The van der Waals surface area contributed by atoms with Crippen molar-refractivity contribution in [1.29, 1.82) is 0 Å². The van der Waals surface area contributed by atoms with Crippen molar-refractivity contribution < 1.29 is 9.18 Å². The molecule has 0 aliphatic carbocycles. The molecule has 6 nitrogen and oxygen atoms in total. The van der Waals surface area contributed by atoms with Crippen molar-refractivity contribution in [3.63, 3.8) is 0 Å². The smallest absolute Gasteiger partial charge is 0.145 e. The summed E-state index contributed by atoms with van der Waals surface area (Å²) >= 11 is 1.49. The largest absolute Gasteiger partial charge is 0.339 e. The number of allylic oxidation sites excluding steroid dienone is 5. The molecule has 8 heteroatoms. The van der Waals surface area contributed by atoms with E-state index in [4.69, 9.17) is 0 Å². The molecular weight excluding hydrogens is 461 g/mol. The molecule has 2 fully saturated rings. The Kier molecular flexibility index (Phi) is 7.77. The van der Waals surface area contributed by atoms with Crippen LogP contribution in [0.3, 0.4) is 0 Å². The maximum absolute atomic E-state index is 14.4. The number of nitrogens with one attached hydrogen (secondary N) is 1. The second-order valence-corrected chi connectivity index (χ2v) is 10.4. The molecule has 0 spiro atoms. The number of hydrogen-bond acceptors (Lipinski definition) is 7. The minimum Gasteiger partial charge on any atom is -0.339 e. The Bertz CT molecular complexity index is 1210. The topological polar surface area (TPSA) is 61.4 Å². The molecule has 3 atom stereocenters. The van der Waals surface area contributed by atoms with E-state index in [9.17, 15) is 9.18 Å². The van der Waals surface area contributed by atoms with Crippen LogP contribution in [0, 0.1) is 12.7 Å². The molecule has 1 aromatic heterocycles. The molecule has 2 saturated heterocycles. The number of carbonyl (C=O) groups excluding carboxylic acids is 1. The van der Waals surface area contributed by atoms with Gasteiger partial charge in [-0.05, 0) is 70.0 Å². The lowest BCUT2D eigenvalue weighted by Gasteiger charge is -2.36. The van der Waals surface area contributed by atoms with E-state index in [2.05, 4.69) is 52.8 Å². The Labute approximate surface area is 210 Å². The monoisotopic (exact) mass is 493 g/mol. The molecule has 4 rings (SSSR count). The van der Waals surface area contributed by atoms with E-state index < -0.39 is 0 Å². The highest BCUT2D eigenvalue weighted by atomic mass is 32.1. The van der Waals surface area contributed by atoms with Gasteiger partial charge in [-0.1, -0.05) is 30.0 Å². The number of hydrogen-bond donors (Lipinski definition) is 1. The van der Waals surface area contributed by atoms with Gasteiger partial charge >= 0.3 is 0 Å². The quantitative estimate of drug-likeness (QED) is 0.453. The van der Waals surface area contributed by atoms with E-state index in [1.807, 2.05) is 25.0 Å². The first-order valence-electron chi connectivity index (χ1n) is 11.9. The third-order valence-electron chi connectivity index (χ3n) is 6.74. The summed E-state index contributed by atoms with van der Waals surface area (Å²) in [5.74, 6) is 1.63. The SMILES string of the molecule is C=C/C(=C/C=C=O)N1/C(=C(\C)c2nnc(Cc3ccc(C)cc3F)s2)CCC1C1NC(C)CN1C. The normalized spacial score (nSPS) is 24.5. The molecular formula is C27H32FN5OS. The molecule has 2 aromatic rings. The van der Waals surface area contributed by atoms with Gasteiger partial charge in [-0.25, -0.2) is 9.18 Å². The molecule has 184 valence electrons. The fourth-order valence-electron chi connectivity index (χ4n) is 5.10. The van der Waals surface area contributed by atoms with Crippen LogP contribution >= 0.6 is 11.3 Å². The fourth-order valence-corrected chi connectivity index (χ4v) is 5.98. The highest BCUT2D eigenvalue weighted by molar-refractivity contribution is 7.12. The zero-order chi connectivity index (χ0) is 25.1. The molecule has 0 amide bonds. The van der Waals surface area contributed by atoms with Crippen molar-refractivity contribution in [2.75, 3.05) is 13.6 Å². The number of nitrogens with zero attached hydrogens (tertiary/aromatic N) is 4. The van der Waals surface area contributed by atoms with Gasteiger partial charge in [0.05, 0.1) is 12.2 Å². The molecule has 3 heterocycles. The predicted octanol–water partition coefficient (Wildman–Crippen LogP) is 4.48. The van der Waals surface area contributed by atoms with Gasteiger partial charge in [0.2, 0.25) is 0 Å². The number of aromatic nitrogens is 2. The summed E-state index contributed by atoms with van der Waals surface area (Å²) in [5, 5.41) is 14.1. The van der Waals surface area contributed by atoms with Gasteiger partial charge in [-0.2, -0.15) is 0 Å². The number of aryl methyl sites for hydroxylation is 1. The average molecular weight is 494 g/mol. The first kappa shape index (κ1) is 25.2. The minimum atomic E-state index is -0.215. The number of benzene rings is 1. The van der Waals surface area contributed by atoms with Crippen molar-refractivity contribution in [1.82, 2.24) is 25.3 Å². The van der Waals surface area contributed by atoms with Gasteiger partial charge in [-0.15, -0.1) is 10.2 Å². The van der Waals surface area contributed by atoms with Gasteiger partial charge in [-0.3, -0.25) is 10.2 Å². The van der Waals surface area contributed by atoms with E-state index >= 15 is 0 Å². The highest BCUT2D eigenvalue weighted by Gasteiger charge is 2.41. The van der Waals surface area contributed by atoms with E-state index in [0.29, 0.717) is 18.0 Å². The van der Waals surface area contributed by atoms with E-state index in [-0.39, 0.29) is 18.0 Å². The second-order valence-electron chi connectivity index (χ2n) is 9.35. The van der Waals surface area contributed by atoms with Crippen LogP contribution < -0.4 is 5.32 Å². The van der Waals surface area contributed by atoms with E-state index in [0.717, 1.165) is 51.9 Å². The lowest BCUT2D eigenvalue weighted by Crippen LogP contribution is -2.49. The molecule has 0 saturated carbocycles. The first-order chi connectivity index (χ1) is 16.8. The van der Waals surface area contributed by atoms with Crippen LogP contribution in [-0.2, 0) is 11.2 Å². The van der Waals surface area contributed by atoms with Crippen molar-refractivity contribution in [3.05, 3.63) is 81.4 Å². The fraction of sp³-hybridized carbons (Fsp3) is 0.407. The Hall–Kier alpha value is -2.90. The molecule has 35 heavy (non-hydrogen) atoms. The van der Waals surface area contributed by atoms with Crippen molar-refractivity contribution >= 4 is 22.9 Å². The molecule has 1 N–H and O–H groups in total. The van der Waals surface area contributed by atoms with Crippen molar-refractivity contribution in [2.45, 2.75) is 58.3 Å². The molecule has 2 aliphatic heterocycles. The summed E-state index contributed by atoms with van der Waals surface area (Å²) in [6.07, 6.45) is 7.33.